The molecule has 1 aliphatic carbocycles. The first-order chi connectivity index (χ1) is 12.0. The van der Waals surface area contributed by atoms with Crippen molar-refractivity contribution >= 4 is 5.91 Å². The molecule has 1 aromatic rings. The van der Waals surface area contributed by atoms with Gasteiger partial charge in [0.1, 0.15) is 11.6 Å². The molecule has 2 aliphatic rings. The van der Waals surface area contributed by atoms with Crippen molar-refractivity contribution in [3.05, 3.63) is 35.4 Å². The second-order valence-corrected chi connectivity index (χ2v) is 7.49. The molecule has 1 atom stereocenters. The molecule has 1 aromatic carbocycles. The molecular formula is C20H28F2N2O. The van der Waals surface area contributed by atoms with Gasteiger partial charge in [0.2, 0.25) is 5.91 Å². The van der Waals surface area contributed by atoms with Crippen LogP contribution in [-0.2, 0) is 11.3 Å². The second-order valence-electron chi connectivity index (χ2n) is 7.49. The molecule has 1 saturated heterocycles. The number of nitrogens with zero attached hydrogens (tertiary/aromatic N) is 2. The van der Waals surface area contributed by atoms with Crippen molar-refractivity contribution in [2.75, 3.05) is 13.6 Å². The van der Waals surface area contributed by atoms with E-state index in [0.29, 0.717) is 30.6 Å². The number of benzene rings is 1. The molecule has 1 aliphatic heterocycles. The lowest BCUT2D eigenvalue weighted by atomic mass is 9.92. The first-order valence-electron chi connectivity index (χ1n) is 9.48. The number of amides is 1. The van der Waals surface area contributed by atoms with Crippen LogP contribution in [0.2, 0.25) is 0 Å². The average Bonchev–Trinajstić information content (AvgIpc) is 2.80. The molecule has 25 heavy (non-hydrogen) atoms. The number of rotatable bonds is 4. The number of halogens is 2. The second kappa shape index (κ2) is 8.26. The van der Waals surface area contributed by atoms with Crippen LogP contribution in [0, 0.1) is 11.6 Å². The fourth-order valence-corrected chi connectivity index (χ4v) is 4.24. The van der Waals surface area contributed by atoms with Crippen LogP contribution in [0.5, 0.6) is 0 Å². The van der Waals surface area contributed by atoms with E-state index in [1.807, 2.05) is 0 Å². The minimum Gasteiger partial charge on any atom is -0.338 e. The Morgan fingerprint density at radius 3 is 2.52 bits per heavy atom. The Labute approximate surface area is 149 Å². The fraction of sp³-hybridized carbons (Fsp3) is 0.650. The predicted molar refractivity (Wildman–Crippen MR) is 94.1 cm³/mol. The highest BCUT2D eigenvalue weighted by atomic mass is 19.1. The van der Waals surface area contributed by atoms with Crippen LogP contribution in [-0.4, -0.2) is 41.4 Å². The van der Waals surface area contributed by atoms with E-state index in [4.69, 9.17) is 0 Å². The number of carbonyl (C=O) groups excluding carboxylic acids is 1. The van der Waals surface area contributed by atoms with Gasteiger partial charge in [-0.15, -0.1) is 0 Å². The van der Waals surface area contributed by atoms with Crippen LogP contribution < -0.4 is 0 Å². The Balaban J connectivity index is 1.61. The predicted octanol–water partition coefficient (Wildman–Crippen LogP) is 4.11. The Morgan fingerprint density at radius 1 is 1.08 bits per heavy atom. The topological polar surface area (TPSA) is 23.6 Å². The lowest BCUT2D eigenvalue weighted by molar-refractivity contribution is -0.131. The molecule has 1 unspecified atom stereocenters. The number of hydrogen-bond donors (Lipinski definition) is 0. The minimum atomic E-state index is -0.586. The monoisotopic (exact) mass is 350 g/mol. The first-order valence-corrected chi connectivity index (χ1v) is 9.48. The normalized spacial score (nSPS) is 23.1. The van der Waals surface area contributed by atoms with Crippen LogP contribution in [0.3, 0.4) is 0 Å². The van der Waals surface area contributed by atoms with E-state index in [1.165, 1.54) is 44.2 Å². The maximum atomic E-state index is 13.9. The average molecular weight is 350 g/mol. The third kappa shape index (κ3) is 4.57. The molecule has 0 aromatic heterocycles. The summed E-state index contributed by atoms with van der Waals surface area (Å²) in [7, 11) is 2.19. The van der Waals surface area contributed by atoms with Gasteiger partial charge >= 0.3 is 0 Å². The van der Waals surface area contributed by atoms with Crippen molar-refractivity contribution in [1.29, 1.82) is 0 Å². The van der Waals surface area contributed by atoms with Gasteiger partial charge in [-0.1, -0.05) is 25.3 Å². The largest absolute Gasteiger partial charge is 0.338 e. The van der Waals surface area contributed by atoms with Gasteiger partial charge in [0, 0.05) is 43.2 Å². The van der Waals surface area contributed by atoms with E-state index in [0.717, 1.165) is 18.9 Å². The highest BCUT2D eigenvalue weighted by Crippen LogP contribution is 2.27. The smallest absolute Gasteiger partial charge is 0.222 e. The van der Waals surface area contributed by atoms with Crippen LogP contribution in [0.4, 0.5) is 8.78 Å². The highest BCUT2D eigenvalue weighted by molar-refractivity contribution is 5.76. The maximum absolute atomic E-state index is 13.9. The molecule has 138 valence electrons. The van der Waals surface area contributed by atoms with Gasteiger partial charge < -0.3 is 9.80 Å². The molecule has 0 N–H and O–H groups in total. The third-order valence-electron chi connectivity index (χ3n) is 5.88. The summed E-state index contributed by atoms with van der Waals surface area (Å²) in [5.41, 5.74) is 0.383. The molecule has 1 saturated carbocycles. The van der Waals surface area contributed by atoms with Crippen molar-refractivity contribution in [3.63, 3.8) is 0 Å². The highest BCUT2D eigenvalue weighted by Gasteiger charge is 2.29. The number of carbonyl (C=O) groups is 1. The molecule has 1 heterocycles. The van der Waals surface area contributed by atoms with E-state index in [2.05, 4.69) is 11.9 Å². The van der Waals surface area contributed by atoms with Crippen molar-refractivity contribution < 1.29 is 13.6 Å². The molecular weight excluding hydrogens is 322 g/mol. The van der Waals surface area contributed by atoms with Gasteiger partial charge in [0.05, 0.1) is 0 Å². The molecule has 3 nitrogen and oxygen atoms in total. The Bertz CT molecular complexity index is 601. The molecule has 1 amide bonds. The summed E-state index contributed by atoms with van der Waals surface area (Å²) >= 11 is 0. The zero-order valence-corrected chi connectivity index (χ0v) is 15.0. The zero-order chi connectivity index (χ0) is 17.8. The van der Waals surface area contributed by atoms with Gasteiger partial charge in [0.25, 0.3) is 0 Å². The van der Waals surface area contributed by atoms with Crippen molar-refractivity contribution in [1.82, 2.24) is 9.80 Å². The van der Waals surface area contributed by atoms with Gasteiger partial charge in [-0.25, -0.2) is 8.78 Å². The van der Waals surface area contributed by atoms with E-state index in [1.54, 1.807) is 4.90 Å². The number of hydrogen-bond acceptors (Lipinski definition) is 2. The summed E-state index contributed by atoms with van der Waals surface area (Å²) in [5, 5.41) is 0. The van der Waals surface area contributed by atoms with Gasteiger partial charge in [-0.3, -0.25) is 4.79 Å². The maximum Gasteiger partial charge on any atom is 0.222 e. The molecule has 0 spiro atoms. The minimum absolute atomic E-state index is 0.0725. The van der Waals surface area contributed by atoms with E-state index in [-0.39, 0.29) is 12.5 Å². The SMILES string of the molecule is CN(C1CCCCC1)C1CCC(=O)N(Cc2ccc(F)cc2F)CC1. The van der Waals surface area contributed by atoms with Gasteiger partial charge in [0.15, 0.2) is 0 Å². The summed E-state index contributed by atoms with van der Waals surface area (Å²) in [5.74, 6) is -1.09. The van der Waals surface area contributed by atoms with E-state index in [9.17, 15) is 13.6 Å². The molecule has 5 heteroatoms. The van der Waals surface area contributed by atoms with Crippen molar-refractivity contribution in [2.45, 2.75) is 70.0 Å². The van der Waals surface area contributed by atoms with E-state index < -0.39 is 11.6 Å². The van der Waals surface area contributed by atoms with Crippen LogP contribution in [0.1, 0.15) is 56.9 Å². The Hall–Kier alpha value is -1.49. The molecule has 2 fully saturated rings. The summed E-state index contributed by atoms with van der Waals surface area (Å²) in [6.45, 7) is 0.863. The van der Waals surface area contributed by atoms with Crippen LogP contribution in [0.25, 0.3) is 0 Å². The quantitative estimate of drug-likeness (QED) is 0.816. The standard InChI is InChI=1S/C20H28F2N2O/c1-23(17-5-3-2-4-6-17)18-9-10-20(25)24(12-11-18)14-15-7-8-16(21)13-19(15)22/h7-8,13,17-18H,2-6,9-12,14H2,1H3. The lowest BCUT2D eigenvalue weighted by Gasteiger charge is -2.36. The summed E-state index contributed by atoms with van der Waals surface area (Å²) in [6, 6.07) is 4.62. The third-order valence-corrected chi connectivity index (χ3v) is 5.88. The first kappa shape index (κ1) is 18.3. The fourth-order valence-electron chi connectivity index (χ4n) is 4.24. The molecule has 3 rings (SSSR count). The number of likely N-dealkylation sites (tertiary alicyclic amines) is 1. The van der Waals surface area contributed by atoms with Crippen molar-refractivity contribution in [3.8, 4) is 0 Å². The summed E-state index contributed by atoms with van der Waals surface area (Å²) in [6.07, 6.45) is 8.75. The lowest BCUT2D eigenvalue weighted by Crippen LogP contribution is -2.41. The zero-order valence-electron chi connectivity index (χ0n) is 15.0. The Morgan fingerprint density at radius 2 is 1.80 bits per heavy atom. The van der Waals surface area contributed by atoms with Gasteiger partial charge in [-0.05, 0) is 38.8 Å². The summed E-state index contributed by atoms with van der Waals surface area (Å²) in [4.78, 5) is 16.7. The van der Waals surface area contributed by atoms with E-state index >= 15 is 0 Å². The van der Waals surface area contributed by atoms with Crippen molar-refractivity contribution in [2.24, 2.45) is 0 Å². The van der Waals surface area contributed by atoms with Gasteiger partial charge in [-0.2, -0.15) is 0 Å². The summed E-state index contributed by atoms with van der Waals surface area (Å²) < 4.78 is 27.0. The molecule has 0 bridgehead atoms. The molecule has 0 radical (unpaired) electrons. The Kier molecular flexibility index (Phi) is 6.05. The van der Waals surface area contributed by atoms with Crippen LogP contribution >= 0.6 is 0 Å². The van der Waals surface area contributed by atoms with Crippen LogP contribution in [0.15, 0.2) is 18.2 Å².